The van der Waals surface area contributed by atoms with Crippen molar-refractivity contribution in [1.82, 2.24) is 15.5 Å². The summed E-state index contributed by atoms with van der Waals surface area (Å²) in [6, 6.07) is 16.6. The standard InChI is InChI=1S/C24H30N4O2.HI/c1-2-25-24(27-21-13-15-30-22-11-6-5-10-20(21)22)26-14-7-12-23(29)28-16-18-8-3-4-9-19(18)17-28;/h3-6,8-11,21H,2,7,12-17H2,1H3,(H2,25,26,27);1H. The third kappa shape index (κ3) is 5.90. The highest BCUT2D eigenvalue weighted by Crippen LogP contribution is 2.31. The topological polar surface area (TPSA) is 66.0 Å². The maximum atomic E-state index is 12.6. The van der Waals surface area contributed by atoms with Crippen LogP contribution in [0.5, 0.6) is 5.75 Å². The zero-order valence-electron chi connectivity index (χ0n) is 18.0. The fourth-order valence-electron chi connectivity index (χ4n) is 4.07. The zero-order chi connectivity index (χ0) is 20.8. The Morgan fingerprint density at radius 1 is 1.13 bits per heavy atom. The Kier molecular flexibility index (Phi) is 8.57. The SMILES string of the molecule is CCNC(=NCCCC(=O)N1Cc2ccccc2C1)NC1CCOc2ccccc21.I. The molecule has 2 aliphatic rings. The van der Waals surface area contributed by atoms with Gasteiger partial charge in [0.15, 0.2) is 5.96 Å². The number of hydrogen-bond acceptors (Lipinski definition) is 3. The Morgan fingerprint density at radius 2 is 1.84 bits per heavy atom. The van der Waals surface area contributed by atoms with Gasteiger partial charge in [0.2, 0.25) is 5.91 Å². The van der Waals surface area contributed by atoms with Gasteiger partial charge in [-0.25, -0.2) is 0 Å². The number of carbonyl (C=O) groups is 1. The second-order valence-corrected chi connectivity index (χ2v) is 7.75. The minimum absolute atomic E-state index is 0. The molecule has 1 atom stereocenters. The summed E-state index contributed by atoms with van der Waals surface area (Å²) in [6.07, 6.45) is 2.17. The number of nitrogens with zero attached hydrogens (tertiary/aromatic N) is 2. The quantitative estimate of drug-likeness (QED) is 0.255. The molecule has 2 aromatic rings. The molecular formula is C24H31IN4O2. The van der Waals surface area contributed by atoms with Gasteiger partial charge in [0, 0.05) is 44.6 Å². The van der Waals surface area contributed by atoms with E-state index in [0.29, 0.717) is 19.6 Å². The van der Waals surface area contributed by atoms with Gasteiger partial charge in [-0.15, -0.1) is 24.0 Å². The van der Waals surface area contributed by atoms with Crippen molar-refractivity contribution in [2.75, 3.05) is 19.7 Å². The number of aliphatic imine (C=N–C) groups is 1. The average molecular weight is 534 g/mol. The third-order valence-corrected chi connectivity index (χ3v) is 5.63. The van der Waals surface area contributed by atoms with Crippen LogP contribution in [0.4, 0.5) is 0 Å². The van der Waals surface area contributed by atoms with Crippen molar-refractivity contribution >= 4 is 35.8 Å². The van der Waals surface area contributed by atoms with Crippen LogP contribution in [0.15, 0.2) is 53.5 Å². The van der Waals surface area contributed by atoms with Gasteiger partial charge in [-0.05, 0) is 30.5 Å². The normalized spacial score (nSPS) is 17.1. The van der Waals surface area contributed by atoms with Crippen molar-refractivity contribution in [3.63, 3.8) is 0 Å². The number of halogens is 1. The fraction of sp³-hybridized carbons (Fsp3) is 0.417. The van der Waals surface area contributed by atoms with Gasteiger partial charge in [-0.1, -0.05) is 42.5 Å². The lowest BCUT2D eigenvalue weighted by atomic mass is 10.0. The van der Waals surface area contributed by atoms with Crippen LogP contribution in [0.3, 0.4) is 0 Å². The molecule has 6 nitrogen and oxygen atoms in total. The zero-order valence-corrected chi connectivity index (χ0v) is 20.3. The number of fused-ring (bicyclic) bond motifs is 2. The van der Waals surface area contributed by atoms with Crippen LogP contribution in [0.2, 0.25) is 0 Å². The Balaban J connectivity index is 0.00000272. The number of carbonyl (C=O) groups excluding carboxylic acids is 1. The first-order valence-corrected chi connectivity index (χ1v) is 10.9. The Bertz CT molecular complexity index is 893. The molecule has 2 aromatic carbocycles. The molecule has 31 heavy (non-hydrogen) atoms. The molecule has 2 heterocycles. The average Bonchev–Trinajstić information content (AvgIpc) is 3.21. The van der Waals surface area contributed by atoms with Crippen LogP contribution >= 0.6 is 24.0 Å². The van der Waals surface area contributed by atoms with E-state index in [2.05, 4.69) is 35.8 Å². The van der Waals surface area contributed by atoms with E-state index in [1.807, 2.05) is 35.2 Å². The molecule has 1 amide bonds. The molecule has 7 heteroatoms. The number of nitrogens with one attached hydrogen (secondary N) is 2. The number of benzene rings is 2. The summed E-state index contributed by atoms with van der Waals surface area (Å²) in [5, 5.41) is 6.85. The predicted octanol–water partition coefficient (Wildman–Crippen LogP) is 4.01. The van der Waals surface area contributed by atoms with E-state index in [1.165, 1.54) is 11.1 Å². The smallest absolute Gasteiger partial charge is 0.223 e. The number of hydrogen-bond donors (Lipinski definition) is 2. The molecule has 0 bridgehead atoms. The van der Waals surface area contributed by atoms with Crippen molar-refractivity contribution in [3.8, 4) is 5.75 Å². The summed E-state index contributed by atoms with van der Waals surface area (Å²) in [7, 11) is 0. The Hall–Kier alpha value is -2.29. The van der Waals surface area contributed by atoms with Gasteiger partial charge in [0.25, 0.3) is 0 Å². The van der Waals surface area contributed by atoms with Crippen LogP contribution < -0.4 is 15.4 Å². The second-order valence-electron chi connectivity index (χ2n) is 7.75. The summed E-state index contributed by atoms with van der Waals surface area (Å²) in [5.41, 5.74) is 3.69. The highest BCUT2D eigenvalue weighted by molar-refractivity contribution is 14.0. The van der Waals surface area contributed by atoms with E-state index >= 15 is 0 Å². The van der Waals surface area contributed by atoms with Gasteiger partial charge in [0.05, 0.1) is 12.6 Å². The maximum absolute atomic E-state index is 12.6. The number of guanidine groups is 1. The van der Waals surface area contributed by atoms with Gasteiger partial charge >= 0.3 is 0 Å². The number of amides is 1. The fourth-order valence-corrected chi connectivity index (χ4v) is 4.07. The van der Waals surface area contributed by atoms with Gasteiger partial charge in [-0.2, -0.15) is 0 Å². The molecule has 0 aromatic heterocycles. The highest BCUT2D eigenvalue weighted by atomic mass is 127. The van der Waals surface area contributed by atoms with Crippen LogP contribution in [-0.4, -0.2) is 36.5 Å². The molecule has 4 rings (SSSR count). The van der Waals surface area contributed by atoms with E-state index in [9.17, 15) is 4.79 Å². The van der Waals surface area contributed by atoms with E-state index in [0.717, 1.165) is 49.7 Å². The Labute approximate surface area is 201 Å². The first-order chi connectivity index (χ1) is 14.7. The van der Waals surface area contributed by atoms with Crippen molar-refractivity contribution in [3.05, 3.63) is 65.2 Å². The summed E-state index contributed by atoms with van der Waals surface area (Å²) in [6.45, 7) is 5.62. The van der Waals surface area contributed by atoms with E-state index < -0.39 is 0 Å². The van der Waals surface area contributed by atoms with Gasteiger partial charge in [0.1, 0.15) is 5.75 Å². The van der Waals surface area contributed by atoms with Crippen molar-refractivity contribution in [2.45, 2.75) is 45.3 Å². The number of para-hydroxylation sites is 1. The monoisotopic (exact) mass is 534 g/mol. The van der Waals surface area contributed by atoms with Crippen LogP contribution in [0, 0.1) is 0 Å². The second kappa shape index (κ2) is 11.4. The highest BCUT2D eigenvalue weighted by Gasteiger charge is 2.23. The first kappa shape index (κ1) is 23.4. The molecule has 0 spiro atoms. The number of rotatable bonds is 6. The first-order valence-electron chi connectivity index (χ1n) is 10.9. The lowest BCUT2D eigenvalue weighted by molar-refractivity contribution is -0.131. The molecule has 2 aliphatic heterocycles. The van der Waals surface area contributed by atoms with E-state index in [4.69, 9.17) is 9.73 Å². The van der Waals surface area contributed by atoms with Crippen LogP contribution in [-0.2, 0) is 17.9 Å². The van der Waals surface area contributed by atoms with E-state index in [-0.39, 0.29) is 35.9 Å². The summed E-state index contributed by atoms with van der Waals surface area (Å²) in [5.74, 6) is 1.94. The molecule has 0 fully saturated rings. The molecule has 0 aliphatic carbocycles. The maximum Gasteiger partial charge on any atom is 0.223 e. The van der Waals surface area contributed by atoms with Crippen molar-refractivity contribution in [2.24, 2.45) is 4.99 Å². The van der Waals surface area contributed by atoms with Gasteiger partial charge in [-0.3, -0.25) is 9.79 Å². The van der Waals surface area contributed by atoms with Crippen LogP contribution in [0.25, 0.3) is 0 Å². The minimum atomic E-state index is 0. The lowest BCUT2D eigenvalue weighted by Crippen LogP contribution is -2.41. The number of ether oxygens (including phenoxy) is 1. The molecular weight excluding hydrogens is 503 g/mol. The Morgan fingerprint density at radius 3 is 2.58 bits per heavy atom. The molecule has 0 saturated carbocycles. The predicted molar refractivity (Wildman–Crippen MR) is 134 cm³/mol. The molecule has 166 valence electrons. The third-order valence-electron chi connectivity index (χ3n) is 5.63. The van der Waals surface area contributed by atoms with Crippen molar-refractivity contribution in [1.29, 1.82) is 0 Å². The summed E-state index contributed by atoms with van der Waals surface area (Å²) in [4.78, 5) is 19.2. The molecule has 0 radical (unpaired) electrons. The van der Waals surface area contributed by atoms with E-state index in [1.54, 1.807) is 0 Å². The summed E-state index contributed by atoms with van der Waals surface area (Å²) < 4.78 is 5.75. The van der Waals surface area contributed by atoms with Crippen molar-refractivity contribution < 1.29 is 9.53 Å². The molecule has 1 unspecified atom stereocenters. The lowest BCUT2D eigenvalue weighted by Gasteiger charge is -2.28. The largest absolute Gasteiger partial charge is 0.493 e. The summed E-state index contributed by atoms with van der Waals surface area (Å²) >= 11 is 0. The van der Waals surface area contributed by atoms with Gasteiger partial charge < -0.3 is 20.3 Å². The minimum Gasteiger partial charge on any atom is -0.493 e. The molecule has 2 N–H and O–H groups in total. The molecule has 0 saturated heterocycles. The van der Waals surface area contributed by atoms with Crippen LogP contribution in [0.1, 0.15) is 48.9 Å².